The van der Waals surface area contributed by atoms with Crippen LogP contribution in [0.15, 0.2) is 59.5 Å². The summed E-state index contributed by atoms with van der Waals surface area (Å²) in [6.07, 6.45) is 2.69. The van der Waals surface area contributed by atoms with Gasteiger partial charge in [-0.05, 0) is 43.4 Å². The monoisotopic (exact) mass is 417 g/mol. The SMILES string of the molecule is O=C(C(CCc1ccccc1)NS(=O)(=O)c1ccc([N+](=O)[O-])cc1)N1CCCC1. The summed E-state index contributed by atoms with van der Waals surface area (Å²) in [4.78, 5) is 24.7. The Morgan fingerprint density at radius 1 is 1.07 bits per heavy atom. The highest BCUT2D eigenvalue weighted by atomic mass is 32.2. The molecule has 1 saturated heterocycles. The van der Waals surface area contributed by atoms with Gasteiger partial charge >= 0.3 is 0 Å². The number of carbonyl (C=O) groups is 1. The Balaban J connectivity index is 1.78. The zero-order chi connectivity index (χ0) is 20.9. The molecule has 154 valence electrons. The lowest BCUT2D eigenvalue weighted by molar-refractivity contribution is -0.384. The zero-order valence-electron chi connectivity index (χ0n) is 15.9. The number of sulfonamides is 1. The number of rotatable bonds is 8. The van der Waals surface area contributed by atoms with E-state index in [0.717, 1.165) is 30.5 Å². The molecule has 1 heterocycles. The minimum Gasteiger partial charge on any atom is -0.341 e. The lowest BCUT2D eigenvalue weighted by atomic mass is 10.1. The van der Waals surface area contributed by atoms with E-state index in [9.17, 15) is 23.3 Å². The van der Waals surface area contributed by atoms with Crippen molar-refractivity contribution >= 4 is 21.6 Å². The quantitative estimate of drug-likeness (QED) is 0.524. The molecule has 0 aliphatic carbocycles. The molecule has 1 unspecified atom stereocenters. The van der Waals surface area contributed by atoms with Crippen molar-refractivity contribution in [1.82, 2.24) is 9.62 Å². The number of nitro benzene ring substituents is 1. The minimum absolute atomic E-state index is 0.109. The number of likely N-dealkylation sites (tertiary alicyclic amines) is 1. The number of hydrogen-bond donors (Lipinski definition) is 1. The fraction of sp³-hybridized carbons (Fsp3) is 0.350. The van der Waals surface area contributed by atoms with Crippen LogP contribution in [-0.2, 0) is 21.2 Å². The van der Waals surface area contributed by atoms with E-state index in [1.165, 1.54) is 12.1 Å². The van der Waals surface area contributed by atoms with Crippen LogP contribution in [0.1, 0.15) is 24.8 Å². The third-order valence-corrected chi connectivity index (χ3v) is 6.42. The Morgan fingerprint density at radius 2 is 1.69 bits per heavy atom. The highest BCUT2D eigenvalue weighted by Crippen LogP contribution is 2.18. The molecule has 29 heavy (non-hydrogen) atoms. The summed E-state index contributed by atoms with van der Waals surface area (Å²) >= 11 is 0. The summed E-state index contributed by atoms with van der Waals surface area (Å²) in [5.41, 5.74) is 0.818. The topological polar surface area (TPSA) is 110 Å². The molecule has 9 heteroatoms. The van der Waals surface area contributed by atoms with E-state index in [1.54, 1.807) is 4.90 Å². The molecule has 1 fully saturated rings. The van der Waals surface area contributed by atoms with Crippen molar-refractivity contribution in [2.45, 2.75) is 36.6 Å². The Bertz CT molecular complexity index is 955. The molecule has 1 amide bonds. The number of non-ortho nitro benzene ring substituents is 1. The fourth-order valence-corrected chi connectivity index (χ4v) is 4.57. The molecule has 1 atom stereocenters. The highest BCUT2D eigenvalue weighted by Gasteiger charge is 2.30. The molecule has 0 aromatic heterocycles. The van der Waals surface area contributed by atoms with E-state index < -0.39 is 21.0 Å². The third-order valence-electron chi connectivity index (χ3n) is 4.94. The number of hydrogen-bond acceptors (Lipinski definition) is 5. The van der Waals surface area contributed by atoms with Gasteiger partial charge in [0.1, 0.15) is 6.04 Å². The van der Waals surface area contributed by atoms with Gasteiger partial charge in [-0.1, -0.05) is 30.3 Å². The summed E-state index contributed by atoms with van der Waals surface area (Å²) in [5.74, 6) is -0.232. The molecular formula is C20H23N3O5S. The molecule has 8 nitrogen and oxygen atoms in total. The predicted molar refractivity (Wildman–Crippen MR) is 108 cm³/mol. The third kappa shape index (κ3) is 5.39. The van der Waals surface area contributed by atoms with Crippen LogP contribution in [-0.4, -0.2) is 43.3 Å². The van der Waals surface area contributed by atoms with Crippen molar-refractivity contribution in [2.75, 3.05) is 13.1 Å². The smallest absolute Gasteiger partial charge is 0.269 e. The normalized spacial score (nSPS) is 15.2. The highest BCUT2D eigenvalue weighted by molar-refractivity contribution is 7.89. The Labute approximate surface area is 169 Å². The lowest BCUT2D eigenvalue weighted by Crippen LogP contribution is -2.47. The minimum atomic E-state index is -4.00. The number of nitrogens with zero attached hydrogens (tertiary/aromatic N) is 2. The van der Waals surface area contributed by atoms with Gasteiger partial charge in [-0.25, -0.2) is 8.42 Å². The maximum atomic E-state index is 12.9. The molecule has 3 rings (SSSR count). The van der Waals surface area contributed by atoms with Gasteiger partial charge in [0.25, 0.3) is 5.69 Å². The summed E-state index contributed by atoms with van der Waals surface area (Å²) in [6.45, 7) is 1.25. The van der Waals surface area contributed by atoms with Gasteiger partial charge in [-0.2, -0.15) is 4.72 Å². The number of benzene rings is 2. The molecule has 1 aliphatic heterocycles. The van der Waals surface area contributed by atoms with Crippen molar-refractivity contribution in [1.29, 1.82) is 0 Å². The number of amides is 1. The van der Waals surface area contributed by atoms with Gasteiger partial charge in [0.2, 0.25) is 15.9 Å². The maximum Gasteiger partial charge on any atom is 0.269 e. The van der Waals surface area contributed by atoms with Crippen molar-refractivity contribution in [2.24, 2.45) is 0 Å². The van der Waals surface area contributed by atoms with Crippen LogP contribution in [0.3, 0.4) is 0 Å². The van der Waals surface area contributed by atoms with E-state index >= 15 is 0 Å². The zero-order valence-corrected chi connectivity index (χ0v) is 16.7. The maximum absolute atomic E-state index is 12.9. The summed E-state index contributed by atoms with van der Waals surface area (Å²) < 4.78 is 28.1. The average Bonchev–Trinajstić information content (AvgIpc) is 3.26. The standard InChI is InChI=1S/C20H23N3O5S/c24-20(22-14-4-5-15-22)19(13-8-16-6-2-1-3-7-16)21-29(27,28)18-11-9-17(10-12-18)23(25)26/h1-3,6-7,9-12,19,21H,4-5,8,13-15H2. The number of carbonyl (C=O) groups excluding carboxylic acids is 1. The summed E-state index contributed by atoms with van der Waals surface area (Å²) in [5, 5.41) is 10.8. The van der Waals surface area contributed by atoms with Crippen LogP contribution in [0, 0.1) is 10.1 Å². The van der Waals surface area contributed by atoms with Crippen molar-refractivity contribution in [3.8, 4) is 0 Å². The molecule has 2 aromatic rings. The Kier molecular flexibility index (Phi) is 6.60. The lowest BCUT2D eigenvalue weighted by Gasteiger charge is -2.24. The fourth-order valence-electron chi connectivity index (χ4n) is 3.35. The number of nitrogens with one attached hydrogen (secondary N) is 1. The average molecular weight is 417 g/mol. The van der Waals surface area contributed by atoms with Crippen LogP contribution in [0.4, 0.5) is 5.69 Å². The van der Waals surface area contributed by atoms with Crippen molar-refractivity contribution in [3.63, 3.8) is 0 Å². The Hall–Kier alpha value is -2.78. The Morgan fingerprint density at radius 3 is 2.28 bits per heavy atom. The molecule has 2 aromatic carbocycles. The first-order valence-corrected chi connectivity index (χ1v) is 10.9. The second-order valence-electron chi connectivity index (χ2n) is 6.98. The molecule has 0 radical (unpaired) electrons. The number of aryl methyl sites for hydroxylation is 1. The van der Waals surface area contributed by atoms with Gasteiger partial charge in [0.05, 0.1) is 9.82 Å². The largest absolute Gasteiger partial charge is 0.341 e. The first kappa shape index (κ1) is 20.9. The van der Waals surface area contributed by atoms with Crippen LogP contribution < -0.4 is 4.72 Å². The van der Waals surface area contributed by atoms with Gasteiger partial charge < -0.3 is 4.90 Å². The van der Waals surface area contributed by atoms with E-state index in [4.69, 9.17) is 0 Å². The summed E-state index contributed by atoms with van der Waals surface area (Å²) in [6, 6.07) is 13.3. The first-order valence-electron chi connectivity index (χ1n) is 9.46. The van der Waals surface area contributed by atoms with Gasteiger partial charge in [0, 0.05) is 25.2 Å². The second-order valence-corrected chi connectivity index (χ2v) is 8.70. The van der Waals surface area contributed by atoms with Crippen LogP contribution in [0.5, 0.6) is 0 Å². The van der Waals surface area contributed by atoms with Gasteiger partial charge in [-0.3, -0.25) is 14.9 Å². The summed E-state index contributed by atoms with van der Waals surface area (Å²) in [7, 11) is -4.00. The molecule has 0 bridgehead atoms. The van der Waals surface area contributed by atoms with E-state index in [-0.39, 0.29) is 16.5 Å². The molecular weight excluding hydrogens is 394 g/mol. The first-order chi connectivity index (χ1) is 13.9. The van der Waals surface area contributed by atoms with Crippen LogP contribution >= 0.6 is 0 Å². The molecule has 1 N–H and O–H groups in total. The molecule has 0 saturated carbocycles. The van der Waals surface area contributed by atoms with Crippen LogP contribution in [0.2, 0.25) is 0 Å². The van der Waals surface area contributed by atoms with E-state index in [1.807, 2.05) is 30.3 Å². The van der Waals surface area contributed by atoms with Crippen molar-refractivity contribution in [3.05, 3.63) is 70.3 Å². The van der Waals surface area contributed by atoms with Crippen molar-refractivity contribution < 1.29 is 18.1 Å². The van der Waals surface area contributed by atoms with E-state index in [2.05, 4.69) is 4.72 Å². The van der Waals surface area contributed by atoms with Gasteiger partial charge in [0.15, 0.2) is 0 Å². The van der Waals surface area contributed by atoms with Gasteiger partial charge in [-0.15, -0.1) is 0 Å². The second kappa shape index (κ2) is 9.15. The van der Waals surface area contributed by atoms with Crippen LogP contribution in [0.25, 0.3) is 0 Å². The predicted octanol–water partition coefficient (Wildman–Crippen LogP) is 2.50. The molecule has 1 aliphatic rings. The molecule has 0 spiro atoms. The van der Waals surface area contributed by atoms with E-state index in [0.29, 0.717) is 25.9 Å². The number of nitro groups is 1.